The number of hydrogen-bond donors (Lipinski definition) is 2. The summed E-state index contributed by atoms with van der Waals surface area (Å²) in [7, 11) is 0. The van der Waals surface area contributed by atoms with Crippen molar-refractivity contribution in [2.45, 2.75) is 20.1 Å². The number of hydrogen-bond acceptors (Lipinski definition) is 3. The van der Waals surface area contributed by atoms with E-state index in [0.29, 0.717) is 19.8 Å². The highest BCUT2D eigenvalue weighted by molar-refractivity contribution is 5.92. The molecule has 5 heteroatoms. The van der Waals surface area contributed by atoms with Gasteiger partial charge in [0.2, 0.25) is 5.91 Å². The van der Waals surface area contributed by atoms with Crippen LogP contribution >= 0.6 is 12.4 Å². The standard InChI is InChI=1S/C18H22N2O2.ClH/c1-14(11-19)18(21)20-17-9-7-16(8-10-17)13-22-12-15-5-3-2-4-6-15;/h2-10,14H,11-13,19H2,1H3,(H,20,21);1H. The number of rotatable bonds is 7. The second kappa shape index (κ2) is 10.0. The summed E-state index contributed by atoms with van der Waals surface area (Å²) in [6.07, 6.45) is 0. The molecule has 0 spiro atoms. The Morgan fingerprint density at radius 3 is 2.17 bits per heavy atom. The van der Waals surface area contributed by atoms with Crippen LogP contribution in [0.4, 0.5) is 5.69 Å². The van der Waals surface area contributed by atoms with Gasteiger partial charge in [-0.1, -0.05) is 49.4 Å². The zero-order valence-electron chi connectivity index (χ0n) is 13.2. The number of benzene rings is 2. The van der Waals surface area contributed by atoms with E-state index in [1.807, 2.05) is 54.6 Å². The number of nitrogens with one attached hydrogen (secondary N) is 1. The van der Waals surface area contributed by atoms with Crippen molar-refractivity contribution in [2.75, 3.05) is 11.9 Å². The SMILES string of the molecule is CC(CN)C(=O)Nc1ccc(COCc2ccccc2)cc1.Cl. The molecule has 3 N–H and O–H groups in total. The van der Waals surface area contributed by atoms with E-state index < -0.39 is 0 Å². The first kappa shape index (κ1) is 19.2. The molecule has 0 saturated carbocycles. The molecule has 0 aliphatic heterocycles. The molecule has 2 rings (SSSR count). The summed E-state index contributed by atoms with van der Waals surface area (Å²) in [6.45, 7) is 3.29. The van der Waals surface area contributed by atoms with Crippen molar-refractivity contribution < 1.29 is 9.53 Å². The van der Waals surface area contributed by atoms with Crippen molar-refractivity contribution in [2.24, 2.45) is 11.7 Å². The quantitative estimate of drug-likeness (QED) is 0.816. The van der Waals surface area contributed by atoms with E-state index in [-0.39, 0.29) is 24.2 Å². The highest BCUT2D eigenvalue weighted by atomic mass is 35.5. The lowest BCUT2D eigenvalue weighted by Crippen LogP contribution is -2.26. The summed E-state index contributed by atoms with van der Waals surface area (Å²) in [6, 6.07) is 17.7. The van der Waals surface area contributed by atoms with Crippen LogP contribution in [0.15, 0.2) is 54.6 Å². The lowest BCUT2D eigenvalue weighted by atomic mass is 10.1. The fraction of sp³-hybridized carbons (Fsp3) is 0.278. The molecule has 4 nitrogen and oxygen atoms in total. The van der Waals surface area contributed by atoms with Crippen LogP contribution < -0.4 is 11.1 Å². The predicted molar refractivity (Wildman–Crippen MR) is 95.5 cm³/mol. The smallest absolute Gasteiger partial charge is 0.228 e. The molecule has 0 heterocycles. The van der Waals surface area contributed by atoms with Gasteiger partial charge < -0.3 is 15.8 Å². The third-order valence-corrected chi connectivity index (χ3v) is 3.40. The summed E-state index contributed by atoms with van der Waals surface area (Å²) in [4.78, 5) is 11.7. The van der Waals surface area contributed by atoms with Gasteiger partial charge in [0.1, 0.15) is 0 Å². The summed E-state index contributed by atoms with van der Waals surface area (Å²) in [5.41, 5.74) is 8.48. The Bertz CT molecular complexity index is 588. The Morgan fingerprint density at radius 2 is 1.61 bits per heavy atom. The van der Waals surface area contributed by atoms with E-state index in [1.165, 1.54) is 0 Å². The highest BCUT2D eigenvalue weighted by Gasteiger charge is 2.10. The first-order chi connectivity index (χ1) is 10.7. The fourth-order valence-electron chi connectivity index (χ4n) is 1.92. The van der Waals surface area contributed by atoms with E-state index in [1.54, 1.807) is 6.92 Å². The molecule has 0 aliphatic carbocycles. The summed E-state index contributed by atoms with van der Waals surface area (Å²) in [5, 5.41) is 2.84. The van der Waals surface area contributed by atoms with Crippen LogP contribution in [0.1, 0.15) is 18.1 Å². The molecule has 23 heavy (non-hydrogen) atoms. The van der Waals surface area contributed by atoms with Gasteiger partial charge in [0.15, 0.2) is 0 Å². The third kappa shape index (κ3) is 6.40. The maximum atomic E-state index is 11.7. The normalized spacial score (nSPS) is 11.4. The summed E-state index contributed by atoms with van der Waals surface area (Å²) < 4.78 is 5.68. The van der Waals surface area contributed by atoms with E-state index in [9.17, 15) is 4.79 Å². The van der Waals surface area contributed by atoms with Gasteiger partial charge in [-0.15, -0.1) is 12.4 Å². The highest BCUT2D eigenvalue weighted by Crippen LogP contribution is 2.12. The Kier molecular flexibility index (Phi) is 8.33. The maximum Gasteiger partial charge on any atom is 0.228 e. The van der Waals surface area contributed by atoms with Crippen molar-refractivity contribution >= 4 is 24.0 Å². The molecule has 0 radical (unpaired) electrons. The number of carbonyl (C=O) groups is 1. The van der Waals surface area contributed by atoms with E-state index >= 15 is 0 Å². The van der Waals surface area contributed by atoms with Crippen molar-refractivity contribution in [3.05, 3.63) is 65.7 Å². The van der Waals surface area contributed by atoms with Crippen LogP contribution in [0.5, 0.6) is 0 Å². The first-order valence-electron chi connectivity index (χ1n) is 7.40. The Morgan fingerprint density at radius 1 is 1.04 bits per heavy atom. The number of ether oxygens (including phenoxy) is 1. The van der Waals surface area contributed by atoms with Crippen LogP contribution in [-0.2, 0) is 22.7 Å². The first-order valence-corrected chi connectivity index (χ1v) is 7.40. The molecule has 0 aliphatic rings. The fourth-order valence-corrected chi connectivity index (χ4v) is 1.92. The third-order valence-electron chi connectivity index (χ3n) is 3.40. The van der Waals surface area contributed by atoms with Crippen LogP contribution in [0.25, 0.3) is 0 Å². The summed E-state index contributed by atoms with van der Waals surface area (Å²) >= 11 is 0. The van der Waals surface area contributed by atoms with Gasteiger partial charge in [0.25, 0.3) is 0 Å². The van der Waals surface area contributed by atoms with E-state index in [2.05, 4.69) is 5.32 Å². The minimum absolute atomic E-state index is 0. The lowest BCUT2D eigenvalue weighted by molar-refractivity contribution is -0.119. The largest absolute Gasteiger partial charge is 0.372 e. The number of nitrogens with two attached hydrogens (primary N) is 1. The van der Waals surface area contributed by atoms with Crippen LogP contribution in [0, 0.1) is 5.92 Å². The van der Waals surface area contributed by atoms with Crippen molar-refractivity contribution in [1.29, 1.82) is 0 Å². The van der Waals surface area contributed by atoms with Gasteiger partial charge in [-0.2, -0.15) is 0 Å². The number of anilines is 1. The average Bonchev–Trinajstić information content (AvgIpc) is 2.56. The topological polar surface area (TPSA) is 64.4 Å². The maximum absolute atomic E-state index is 11.7. The Hall–Kier alpha value is -1.88. The van der Waals surface area contributed by atoms with Crippen LogP contribution in [0.3, 0.4) is 0 Å². The second-order valence-electron chi connectivity index (χ2n) is 5.30. The van der Waals surface area contributed by atoms with Gasteiger partial charge in [0, 0.05) is 18.2 Å². The Labute approximate surface area is 143 Å². The zero-order chi connectivity index (χ0) is 15.8. The van der Waals surface area contributed by atoms with Crippen molar-refractivity contribution in [1.82, 2.24) is 0 Å². The van der Waals surface area contributed by atoms with Gasteiger partial charge in [-0.25, -0.2) is 0 Å². The molecule has 0 saturated heterocycles. The van der Waals surface area contributed by atoms with Gasteiger partial charge in [-0.3, -0.25) is 4.79 Å². The van der Waals surface area contributed by atoms with E-state index in [0.717, 1.165) is 16.8 Å². The molecule has 2 aromatic carbocycles. The monoisotopic (exact) mass is 334 g/mol. The molecule has 2 aromatic rings. The number of carbonyl (C=O) groups excluding carboxylic acids is 1. The second-order valence-corrected chi connectivity index (χ2v) is 5.30. The van der Waals surface area contributed by atoms with Gasteiger partial charge >= 0.3 is 0 Å². The molecule has 1 unspecified atom stereocenters. The minimum Gasteiger partial charge on any atom is -0.372 e. The predicted octanol–water partition coefficient (Wildman–Crippen LogP) is 3.36. The number of amides is 1. The average molecular weight is 335 g/mol. The summed E-state index contributed by atoms with van der Waals surface area (Å²) in [5.74, 6) is -0.246. The lowest BCUT2D eigenvalue weighted by Gasteiger charge is -2.10. The van der Waals surface area contributed by atoms with E-state index in [4.69, 9.17) is 10.5 Å². The van der Waals surface area contributed by atoms with Crippen molar-refractivity contribution in [3.8, 4) is 0 Å². The molecule has 1 amide bonds. The number of halogens is 1. The Balaban J connectivity index is 0.00000264. The minimum atomic E-state index is -0.186. The molecular formula is C18H23ClN2O2. The molecule has 0 fully saturated rings. The van der Waals surface area contributed by atoms with Gasteiger partial charge in [0.05, 0.1) is 13.2 Å². The molecule has 1 atom stereocenters. The van der Waals surface area contributed by atoms with Crippen LogP contribution in [-0.4, -0.2) is 12.5 Å². The molecule has 0 bridgehead atoms. The van der Waals surface area contributed by atoms with Crippen molar-refractivity contribution in [3.63, 3.8) is 0 Å². The van der Waals surface area contributed by atoms with Gasteiger partial charge in [-0.05, 0) is 23.3 Å². The molecule has 124 valence electrons. The van der Waals surface area contributed by atoms with Crippen LogP contribution in [0.2, 0.25) is 0 Å². The zero-order valence-corrected chi connectivity index (χ0v) is 14.0. The molecule has 0 aromatic heterocycles. The molecular weight excluding hydrogens is 312 g/mol.